The van der Waals surface area contributed by atoms with Crippen molar-refractivity contribution in [2.24, 2.45) is 0 Å². The Morgan fingerprint density at radius 2 is 1.62 bits per heavy atom. The number of nitrogens with zero attached hydrogens (tertiary/aromatic N) is 2. The van der Waals surface area contributed by atoms with E-state index in [9.17, 15) is 14.4 Å². The van der Waals surface area contributed by atoms with Crippen LogP contribution >= 0.6 is 11.3 Å². The molecule has 5 nitrogen and oxygen atoms in total. The number of rotatable bonds is 7. The van der Waals surface area contributed by atoms with Gasteiger partial charge in [0.2, 0.25) is 11.8 Å². The number of aryl methyl sites for hydroxylation is 2. The molecule has 1 aliphatic heterocycles. The average Bonchev–Trinajstić information content (AvgIpc) is 3.17. The van der Waals surface area contributed by atoms with E-state index in [1.807, 2.05) is 55.1 Å². The Morgan fingerprint density at radius 1 is 0.931 bits per heavy atom. The third-order valence-electron chi connectivity index (χ3n) is 5.23. The molecule has 1 aromatic carbocycles. The van der Waals surface area contributed by atoms with Crippen LogP contribution in [0.2, 0.25) is 0 Å². The lowest BCUT2D eigenvalue weighted by atomic mass is 10.1. The van der Waals surface area contributed by atoms with Gasteiger partial charge in [0, 0.05) is 36.5 Å². The van der Waals surface area contributed by atoms with Crippen LogP contribution in [0.5, 0.6) is 0 Å². The molecule has 0 atom stereocenters. The van der Waals surface area contributed by atoms with Crippen molar-refractivity contribution in [3.63, 3.8) is 0 Å². The molecule has 3 rings (SSSR count). The number of piperidine rings is 1. The maximum atomic E-state index is 13.0. The normalized spacial score (nSPS) is 13.9. The minimum absolute atomic E-state index is 0.0220. The van der Waals surface area contributed by atoms with Crippen LogP contribution < -0.4 is 4.90 Å². The van der Waals surface area contributed by atoms with Gasteiger partial charge in [0.15, 0.2) is 5.78 Å². The summed E-state index contributed by atoms with van der Waals surface area (Å²) < 4.78 is 0. The van der Waals surface area contributed by atoms with Gasteiger partial charge in [0.25, 0.3) is 0 Å². The summed E-state index contributed by atoms with van der Waals surface area (Å²) >= 11 is 1.45. The molecule has 0 spiro atoms. The maximum absolute atomic E-state index is 13.0. The lowest BCUT2D eigenvalue weighted by Gasteiger charge is -2.30. The lowest BCUT2D eigenvalue weighted by Crippen LogP contribution is -2.45. The van der Waals surface area contributed by atoms with E-state index in [4.69, 9.17) is 0 Å². The fraction of sp³-hybridized carbons (Fsp3) is 0.435. The summed E-state index contributed by atoms with van der Waals surface area (Å²) in [4.78, 5) is 43.3. The van der Waals surface area contributed by atoms with E-state index in [-0.39, 0.29) is 37.0 Å². The number of Topliss-reactive ketones (excluding diaryl/α,β-unsaturated/α-hetero) is 1. The van der Waals surface area contributed by atoms with Crippen LogP contribution in [0.15, 0.2) is 36.4 Å². The Kier molecular flexibility index (Phi) is 7.20. The number of amides is 2. The Bertz CT molecular complexity index is 867. The van der Waals surface area contributed by atoms with Gasteiger partial charge >= 0.3 is 0 Å². The Labute approximate surface area is 176 Å². The summed E-state index contributed by atoms with van der Waals surface area (Å²) in [6.45, 7) is 5.47. The van der Waals surface area contributed by atoms with Crippen LogP contribution in [0.1, 0.15) is 52.2 Å². The molecule has 1 saturated heterocycles. The van der Waals surface area contributed by atoms with E-state index in [1.54, 1.807) is 0 Å². The average molecular weight is 413 g/mol. The molecule has 2 heterocycles. The number of carbonyl (C=O) groups is 3. The number of thiophene rings is 1. The van der Waals surface area contributed by atoms with Crippen molar-refractivity contribution < 1.29 is 14.4 Å². The van der Waals surface area contributed by atoms with Crippen molar-refractivity contribution in [1.29, 1.82) is 0 Å². The summed E-state index contributed by atoms with van der Waals surface area (Å²) in [6.07, 6.45) is 3.42. The smallest absolute Gasteiger partial charge is 0.242 e. The molecular weight excluding hydrogens is 384 g/mol. The molecule has 6 heteroatoms. The van der Waals surface area contributed by atoms with Crippen LogP contribution in [0.25, 0.3) is 0 Å². The molecule has 2 amide bonds. The monoisotopic (exact) mass is 412 g/mol. The van der Waals surface area contributed by atoms with Crippen LogP contribution in [-0.4, -0.2) is 42.1 Å². The van der Waals surface area contributed by atoms with Crippen molar-refractivity contribution in [2.45, 2.75) is 46.0 Å². The quantitative estimate of drug-likeness (QED) is 0.635. The molecule has 0 aliphatic carbocycles. The van der Waals surface area contributed by atoms with E-state index < -0.39 is 0 Å². The highest BCUT2D eigenvalue weighted by molar-refractivity contribution is 7.14. The zero-order valence-corrected chi connectivity index (χ0v) is 18.0. The van der Waals surface area contributed by atoms with Crippen molar-refractivity contribution in [3.05, 3.63) is 51.7 Å². The molecule has 1 aliphatic rings. The fourth-order valence-corrected chi connectivity index (χ4v) is 4.32. The molecule has 2 aromatic rings. The maximum Gasteiger partial charge on any atom is 0.242 e. The molecule has 0 saturated carbocycles. The predicted octanol–water partition coefficient (Wildman–Crippen LogP) is 4.37. The molecule has 0 bridgehead atoms. The predicted molar refractivity (Wildman–Crippen MR) is 117 cm³/mol. The standard InChI is InChI=1S/C23H28N2O3S/c1-17-6-9-19(10-7-17)25(16-23(28)24-14-4-3-5-15-24)22(27)13-11-20(26)21-12-8-18(2)29-21/h6-10,12H,3-5,11,13-16H2,1-2H3. The van der Waals surface area contributed by atoms with Gasteiger partial charge in [0.1, 0.15) is 6.54 Å². The van der Waals surface area contributed by atoms with Crippen LogP contribution in [0.3, 0.4) is 0 Å². The van der Waals surface area contributed by atoms with Gasteiger partial charge in [-0.05, 0) is 57.4 Å². The minimum Gasteiger partial charge on any atom is -0.341 e. The van der Waals surface area contributed by atoms with E-state index in [0.717, 1.165) is 42.8 Å². The van der Waals surface area contributed by atoms with Gasteiger partial charge in [-0.2, -0.15) is 0 Å². The fourth-order valence-electron chi connectivity index (χ4n) is 3.49. The summed E-state index contributed by atoms with van der Waals surface area (Å²) in [5.41, 5.74) is 1.79. The molecule has 0 N–H and O–H groups in total. The topological polar surface area (TPSA) is 57.7 Å². The van der Waals surface area contributed by atoms with E-state index in [0.29, 0.717) is 10.6 Å². The summed E-state index contributed by atoms with van der Waals surface area (Å²) in [7, 11) is 0. The zero-order chi connectivity index (χ0) is 20.8. The van der Waals surface area contributed by atoms with Crippen molar-refractivity contribution in [2.75, 3.05) is 24.5 Å². The molecule has 1 aromatic heterocycles. The molecule has 154 valence electrons. The lowest BCUT2D eigenvalue weighted by molar-refractivity contribution is -0.132. The molecule has 1 fully saturated rings. The van der Waals surface area contributed by atoms with Gasteiger partial charge in [-0.3, -0.25) is 14.4 Å². The first-order valence-electron chi connectivity index (χ1n) is 10.2. The Balaban J connectivity index is 1.69. The number of hydrogen-bond donors (Lipinski definition) is 0. The van der Waals surface area contributed by atoms with E-state index in [2.05, 4.69) is 0 Å². The largest absolute Gasteiger partial charge is 0.341 e. The van der Waals surface area contributed by atoms with Crippen molar-refractivity contribution >= 4 is 34.6 Å². The summed E-state index contributed by atoms with van der Waals surface area (Å²) in [5, 5.41) is 0. The SMILES string of the molecule is Cc1ccc(N(CC(=O)N2CCCCC2)C(=O)CCC(=O)c2ccc(C)s2)cc1. The van der Waals surface area contributed by atoms with Gasteiger partial charge in [-0.25, -0.2) is 0 Å². The van der Waals surface area contributed by atoms with Gasteiger partial charge in [0.05, 0.1) is 4.88 Å². The van der Waals surface area contributed by atoms with E-state index in [1.165, 1.54) is 16.2 Å². The van der Waals surface area contributed by atoms with Crippen molar-refractivity contribution in [3.8, 4) is 0 Å². The number of ketones is 1. The Morgan fingerprint density at radius 3 is 2.24 bits per heavy atom. The highest BCUT2D eigenvalue weighted by Gasteiger charge is 2.24. The highest BCUT2D eigenvalue weighted by Crippen LogP contribution is 2.21. The number of likely N-dealkylation sites (tertiary alicyclic amines) is 1. The molecule has 29 heavy (non-hydrogen) atoms. The second-order valence-corrected chi connectivity index (χ2v) is 8.88. The second-order valence-electron chi connectivity index (χ2n) is 7.59. The summed E-state index contributed by atoms with van der Waals surface area (Å²) in [6, 6.07) is 11.3. The van der Waals surface area contributed by atoms with Crippen LogP contribution in [0.4, 0.5) is 5.69 Å². The number of hydrogen-bond acceptors (Lipinski definition) is 4. The minimum atomic E-state index is -0.194. The van der Waals surface area contributed by atoms with Crippen LogP contribution in [-0.2, 0) is 9.59 Å². The number of carbonyl (C=O) groups excluding carboxylic acids is 3. The number of benzene rings is 1. The van der Waals surface area contributed by atoms with Crippen LogP contribution in [0, 0.1) is 13.8 Å². The Hall–Kier alpha value is -2.47. The first-order chi connectivity index (χ1) is 13.9. The third kappa shape index (κ3) is 5.76. The highest BCUT2D eigenvalue weighted by atomic mass is 32.1. The number of anilines is 1. The molecular formula is C23H28N2O3S. The molecule has 0 unspecified atom stereocenters. The van der Waals surface area contributed by atoms with Gasteiger partial charge in [-0.15, -0.1) is 11.3 Å². The van der Waals surface area contributed by atoms with Gasteiger partial charge < -0.3 is 9.80 Å². The molecule has 0 radical (unpaired) electrons. The summed E-state index contributed by atoms with van der Waals surface area (Å²) in [5.74, 6) is -0.248. The van der Waals surface area contributed by atoms with E-state index >= 15 is 0 Å². The van der Waals surface area contributed by atoms with Gasteiger partial charge in [-0.1, -0.05) is 17.7 Å². The second kappa shape index (κ2) is 9.83. The van der Waals surface area contributed by atoms with Crippen molar-refractivity contribution in [1.82, 2.24) is 4.90 Å². The first-order valence-corrected chi connectivity index (χ1v) is 11.0. The zero-order valence-electron chi connectivity index (χ0n) is 17.1. The third-order valence-corrected chi connectivity index (χ3v) is 6.27. The first kappa shape index (κ1) is 21.2.